The third kappa shape index (κ3) is 5.45. The Bertz CT molecular complexity index is 910. The Balaban J connectivity index is 1.54. The van der Waals surface area contributed by atoms with E-state index in [4.69, 9.17) is 9.47 Å². The zero-order chi connectivity index (χ0) is 19.3. The highest BCUT2D eigenvalue weighted by atomic mass is 32.2. The van der Waals surface area contributed by atoms with Crippen LogP contribution in [0.2, 0.25) is 0 Å². The van der Waals surface area contributed by atoms with Gasteiger partial charge in [0.15, 0.2) is 11.5 Å². The molecule has 0 unspecified atom stereocenters. The minimum atomic E-state index is -3.56. The summed E-state index contributed by atoms with van der Waals surface area (Å²) in [5.41, 5.74) is 0.427. The van der Waals surface area contributed by atoms with Gasteiger partial charge < -0.3 is 14.8 Å². The molecule has 0 radical (unpaired) electrons. The molecular formula is C19H22N2O5S. The second-order valence-corrected chi connectivity index (χ2v) is 7.93. The van der Waals surface area contributed by atoms with Gasteiger partial charge in [0, 0.05) is 11.7 Å². The lowest BCUT2D eigenvalue weighted by Gasteiger charge is -2.11. The van der Waals surface area contributed by atoms with Gasteiger partial charge in [-0.3, -0.25) is 4.79 Å². The van der Waals surface area contributed by atoms with Crippen LogP contribution >= 0.6 is 0 Å². The molecule has 144 valence electrons. The van der Waals surface area contributed by atoms with Crippen molar-refractivity contribution in [2.75, 3.05) is 19.0 Å². The van der Waals surface area contributed by atoms with Crippen molar-refractivity contribution in [3.63, 3.8) is 0 Å². The Hall–Kier alpha value is -2.58. The van der Waals surface area contributed by atoms with E-state index in [-0.39, 0.29) is 29.9 Å². The molecule has 3 rings (SSSR count). The molecule has 0 heterocycles. The minimum absolute atomic E-state index is 0.0281. The second-order valence-electron chi connectivity index (χ2n) is 6.22. The molecule has 0 aliphatic heterocycles. The van der Waals surface area contributed by atoms with Crippen LogP contribution in [0.3, 0.4) is 0 Å². The highest BCUT2D eigenvalue weighted by molar-refractivity contribution is 7.89. The molecule has 0 bridgehead atoms. The van der Waals surface area contributed by atoms with Gasteiger partial charge in [-0.15, -0.1) is 0 Å². The Kier molecular flexibility index (Phi) is 5.98. The van der Waals surface area contributed by atoms with Crippen molar-refractivity contribution in [3.8, 4) is 11.5 Å². The number of benzene rings is 2. The fourth-order valence-corrected chi connectivity index (χ4v) is 3.80. The van der Waals surface area contributed by atoms with E-state index < -0.39 is 10.0 Å². The summed E-state index contributed by atoms with van der Waals surface area (Å²) in [4.78, 5) is 12.3. The molecule has 0 aromatic heterocycles. The number of hydrogen-bond donors (Lipinski definition) is 2. The quantitative estimate of drug-likeness (QED) is 0.686. The Morgan fingerprint density at radius 3 is 2.56 bits per heavy atom. The number of anilines is 1. The van der Waals surface area contributed by atoms with E-state index in [2.05, 4.69) is 10.0 Å². The van der Waals surface area contributed by atoms with Crippen molar-refractivity contribution < 1.29 is 22.7 Å². The monoisotopic (exact) mass is 390 g/mol. The number of hydrogen-bond acceptors (Lipinski definition) is 5. The molecule has 0 spiro atoms. The summed E-state index contributed by atoms with van der Waals surface area (Å²) in [6.07, 6.45) is 1.85. The van der Waals surface area contributed by atoms with Crippen molar-refractivity contribution in [1.29, 1.82) is 0 Å². The summed E-state index contributed by atoms with van der Waals surface area (Å²) in [6, 6.07) is 13.4. The van der Waals surface area contributed by atoms with Crippen LogP contribution in [0.4, 0.5) is 5.69 Å². The molecule has 1 saturated carbocycles. The lowest BCUT2D eigenvalue weighted by molar-refractivity contribution is -0.116. The topological polar surface area (TPSA) is 93.7 Å². The molecule has 0 saturated heterocycles. The number of rotatable bonds is 9. The SMILES string of the molecule is COc1ccccc1OCCC(=O)Nc1cccc(S(=O)(=O)NC2CC2)c1. The molecule has 27 heavy (non-hydrogen) atoms. The molecule has 0 atom stereocenters. The fraction of sp³-hybridized carbons (Fsp3) is 0.316. The van der Waals surface area contributed by atoms with Gasteiger partial charge in [-0.1, -0.05) is 18.2 Å². The van der Waals surface area contributed by atoms with E-state index >= 15 is 0 Å². The van der Waals surface area contributed by atoms with E-state index in [0.717, 1.165) is 12.8 Å². The van der Waals surface area contributed by atoms with Crippen molar-refractivity contribution in [3.05, 3.63) is 48.5 Å². The second kappa shape index (κ2) is 8.41. The highest BCUT2D eigenvalue weighted by Crippen LogP contribution is 2.26. The molecule has 1 fully saturated rings. The average Bonchev–Trinajstić information content (AvgIpc) is 3.45. The largest absolute Gasteiger partial charge is 0.493 e. The lowest BCUT2D eigenvalue weighted by Crippen LogP contribution is -2.25. The van der Waals surface area contributed by atoms with Crippen LogP contribution in [0.15, 0.2) is 53.4 Å². The van der Waals surface area contributed by atoms with Gasteiger partial charge in [-0.25, -0.2) is 13.1 Å². The molecule has 7 nitrogen and oxygen atoms in total. The van der Waals surface area contributed by atoms with E-state index in [1.54, 1.807) is 31.4 Å². The van der Waals surface area contributed by atoms with Gasteiger partial charge in [0.05, 0.1) is 25.0 Å². The predicted molar refractivity (Wildman–Crippen MR) is 102 cm³/mol. The van der Waals surface area contributed by atoms with Crippen LogP contribution in [-0.2, 0) is 14.8 Å². The summed E-state index contributed by atoms with van der Waals surface area (Å²) in [5, 5.41) is 2.70. The first-order valence-electron chi connectivity index (χ1n) is 8.66. The van der Waals surface area contributed by atoms with Gasteiger partial charge in [-0.05, 0) is 43.2 Å². The van der Waals surface area contributed by atoms with Crippen molar-refractivity contribution in [2.45, 2.75) is 30.2 Å². The molecule has 2 aromatic rings. The van der Waals surface area contributed by atoms with Crippen LogP contribution < -0.4 is 19.5 Å². The Morgan fingerprint density at radius 1 is 1.11 bits per heavy atom. The summed E-state index contributed by atoms with van der Waals surface area (Å²) in [7, 11) is -2.01. The van der Waals surface area contributed by atoms with Crippen molar-refractivity contribution in [2.24, 2.45) is 0 Å². The summed E-state index contributed by atoms with van der Waals surface area (Å²) in [6.45, 7) is 0.174. The van der Waals surface area contributed by atoms with Gasteiger partial charge in [0.1, 0.15) is 0 Å². The summed E-state index contributed by atoms with van der Waals surface area (Å²) < 4.78 is 37.9. The van der Waals surface area contributed by atoms with Crippen LogP contribution in [0.1, 0.15) is 19.3 Å². The van der Waals surface area contributed by atoms with E-state index in [0.29, 0.717) is 17.2 Å². The normalized spacial score (nSPS) is 13.8. The maximum absolute atomic E-state index is 12.3. The van der Waals surface area contributed by atoms with Crippen LogP contribution in [0.5, 0.6) is 11.5 Å². The van der Waals surface area contributed by atoms with Gasteiger partial charge >= 0.3 is 0 Å². The molecule has 2 N–H and O–H groups in total. The number of sulfonamides is 1. The average molecular weight is 390 g/mol. The number of para-hydroxylation sites is 2. The first-order valence-corrected chi connectivity index (χ1v) is 10.1. The first kappa shape index (κ1) is 19.2. The first-order chi connectivity index (χ1) is 13.0. The molecule has 1 aliphatic carbocycles. The molecule has 1 amide bonds. The predicted octanol–water partition coefficient (Wildman–Crippen LogP) is 2.54. The van der Waals surface area contributed by atoms with Gasteiger partial charge in [0.25, 0.3) is 0 Å². The Labute approximate surface area is 158 Å². The number of carbonyl (C=O) groups is 1. The molecule has 2 aromatic carbocycles. The smallest absolute Gasteiger partial charge is 0.240 e. The van der Waals surface area contributed by atoms with Crippen LogP contribution in [0, 0.1) is 0 Å². The number of methoxy groups -OCH3 is 1. The fourth-order valence-electron chi connectivity index (χ4n) is 2.44. The zero-order valence-corrected chi connectivity index (χ0v) is 15.8. The lowest BCUT2D eigenvalue weighted by atomic mass is 10.3. The summed E-state index contributed by atoms with van der Waals surface area (Å²) >= 11 is 0. The van der Waals surface area contributed by atoms with Crippen molar-refractivity contribution in [1.82, 2.24) is 4.72 Å². The highest BCUT2D eigenvalue weighted by Gasteiger charge is 2.28. The number of nitrogens with one attached hydrogen (secondary N) is 2. The van der Waals surface area contributed by atoms with Gasteiger partial charge in [0.2, 0.25) is 15.9 Å². The van der Waals surface area contributed by atoms with Crippen LogP contribution in [0.25, 0.3) is 0 Å². The number of amides is 1. The molecular weight excluding hydrogens is 368 g/mol. The number of carbonyl (C=O) groups excluding carboxylic acids is 1. The van der Waals surface area contributed by atoms with Crippen molar-refractivity contribution >= 4 is 21.6 Å². The standard InChI is InChI=1S/C19H22N2O5S/c1-25-17-7-2-3-8-18(17)26-12-11-19(22)20-15-5-4-6-16(13-15)27(23,24)21-14-9-10-14/h2-8,13-14,21H,9-12H2,1H3,(H,20,22). The molecule has 1 aliphatic rings. The van der Waals surface area contributed by atoms with E-state index in [9.17, 15) is 13.2 Å². The minimum Gasteiger partial charge on any atom is -0.493 e. The molecule has 8 heteroatoms. The zero-order valence-electron chi connectivity index (χ0n) is 15.0. The van der Waals surface area contributed by atoms with Gasteiger partial charge in [-0.2, -0.15) is 0 Å². The Morgan fingerprint density at radius 2 is 1.85 bits per heavy atom. The third-order valence-electron chi connectivity index (χ3n) is 3.98. The summed E-state index contributed by atoms with van der Waals surface area (Å²) in [5.74, 6) is 0.889. The van der Waals surface area contributed by atoms with E-state index in [1.165, 1.54) is 12.1 Å². The maximum atomic E-state index is 12.3. The third-order valence-corrected chi connectivity index (χ3v) is 5.50. The van der Waals surface area contributed by atoms with E-state index in [1.807, 2.05) is 12.1 Å². The maximum Gasteiger partial charge on any atom is 0.240 e. The number of ether oxygens (including phenoxy) is 2. The van der Waals surface area contributed by atoms with Crippen LogP contribution in [-0.4, -0.2) is 34.1 Å².